The van der Waals surface area contributed by atoms with Crippen molar-refractivity contribution in [3.8, 4) is 11.5 Å². The van der Waals surface area contributed by atoms with Gasteiger partial charge < -0.3 is 9.84 Å². The Morgan fingerprint density at radius 3 is 2.29 bits per heavy atom. The van der Waals surface area contributed by atoms with Crippen LogP contribution in [0.2, 0.25) is 0 Å². The minimum Gasteiger partial charge on any atom is -0.507 e. The van der Waals surface area contributed by atoms with Crippen molar-refractivity contribution in [1.82, 2.24) is 0 Å². The second-order valence-electron chi connectivity index (χ2n) is 4.36. The largest absolute Gasteiger partial charge is 0.507 e. The van der Waals surface area contributed by atoms with E-state index in [0.717, 1.165) is 5.56 Å². The Labute approximate surface area is 85.5 Å². The van der Waals surface area contributed by atoms with Crippen LogP contribution in [0.25, 0.3) is 0 Å². The predicted molar refractivity (Wildman–Crippen MR) is 56.8 cm³/mol. The lowest BCUT2D eigenvalue weighted by molar-refractivity contribution is 0.405. The van der Waals surface area contributed by atoms with Crippen LogP contribution in [0.15, 0.2) is 12.1 Å². The van der Waals surface area contributed by atoms with Crippen LogP contribution in [0.4, 0.5) is 0 Å². The van der Waals surface area contributed by atoms with E-state index >= 15 is 0 Å². The SMILES string of the molecule is [CH]c1cc(OC)cc(C(C)(C)C)c1O. The average Bonchev–Trinajstić information content (AvgIpc) is 2.07. The van der Waals surface area contributed by atoms with Gasteiger partial charge in [0.1, 0.15) is 11.5 Å². The molecule has 0 aliphatic rings. The molecule has 0 amide bonds. The van der Waals surface area contributed by atoms with Gasteiger partial charge in [0.15, 0.2) is 0 Å². The molecule has 1 aromatic carbocycles. The number of phenolic OH excluding ortho intramolecular Hbond substituents is 1. The molecule has 2 heteroatoms. The van der Waals surface area contributed by atoms with E-state index in [1.807, 2.05) is 26.8 Å². The van der Waals surface area contributed by atoms with Crippen molar-refractivity contribution >= 4 is 0 Å². The molecule has 0 unspecified atom stereocenters. The number of rotatable bonds is 1. The van der Waals surface area contributed by atoms with E-state index in [1.165, 1.54) is 0 Å². The van der Waals surface area contributed by atoms with Gasteiger partial charge in [-0.15, -0.1) is 0 Å². The Balaban J connectivity index is 3.35. The Kier molecular flexibility index (Phi) is 2.74. The monoisotopic (exact) mass is 192 g/mol. The maximum absolute atomic E-state index is 9.77. The van der Waals surface area contributed by atoms with Gasteiger partial charge in [-0.3, -0.25) is 0 Å². The molecule has 0 aliphatic carbocycles. The molecule has 1 aromatic rings. The van der Waals surface area contributed by atoms with Gasteiger partial charge in [-0.1, -0.05) is 20.8 Å². The van der Waals surface area contributed by atoms with E-state index in [4.69, 9.17) is 11.7 Å². The normalized spacial score (nSPS) is 11.5. The van der Waals surface area contributed by atoms with Crippen LogP contribution in [0.1, 0.15) is 31.9 Å². The van der Waals surface area contributed by atoms with Crippen molar-refractivity contribution in [1.29, 1.82) is 0 Å². The fourth-order valence-electron chi connectivity index (χ4n) is 1.32. The molecule has 0 aliphatic heterocycles. The molecular formula is C12H16O2. The highest BCUT2D eigenvalue weighted by Gasteiger charge is 2.20. The van der Waals surface area contributed by atoms with Crippen LogP contribution in [-0.2, 0) is 5.41 Å². The van der Waals surface area contributed by atoms with Crippen LogP contribution in [0.5, 0.6) is 11.5 Å². The molecule has 2 nitrogen and oxygen atoms in total. The van der Waals surface area contributed by atoms with E-state index in [2.05, 4.69) is 0 Å². The van der Waals surface area contributed by atoms with Crippen molar-refractivity contribution in [2.45, 2.75) is 26.2 Å². The molecule has 0 heterocycles. The summed E-state index contributed by atoms with van der Waals surface area (Å²) in [6, 6.07) is 3.43. The molecule has 2 radical (unpaired) electrons. The summed E-state index contributed by atoms with van der Waals surface area (Å²) in [6.07, 6.45) is 0. The van der Waals surface area contributed by atoms with Gasteiger partial charge in [0.05, 0.1) is 7.11 Å². The third kappa shape index (κ3) is 2.00. The lowest BCUT2D eigenvalue weighted by atomic mass is 9.85. The third-order valence-electron chi connectivity index (χ3n) is 2.16. The molecular weight excluding hydrogens is 176 g/mol. The minimum absolute atomic E-state index is 0.146. The summed E-state index contributed by atoms with van der Waals surface area (Å²) in [7, 11) is 1.58. The Morgan fingerprint density at radius 2 is 1.86 bits per heavy atom. The molecule has 0 spiro atoms. The molecule has 1 rings (SSSR count). The number of hydrogen-bond acceptors (Lipinski definition) is 2. The highest BCUT2D eigenvalue weighted by Crippen LogP contribution is 2.36. The van der Waals surface area contributed by atoms with Crippen LogP contribution in [0.3, 0.4) is 0 Å². The molecule has 14 heavy (non-hydrogen) atoms. The van der Waals surface area contributed by atoms with Gasteiger partial charge in [-0.05, 0) is 17.5 Å². The van der Waals surface area contributed by atoms with Gasteiger partial charge in [-0.25, -0.2) is 0 Å². The van der Waals surface area contributed by atoms with Crippen molar-refractivity contribution in [2.24, 2.45) is 0 Å². The smallest absolute Gasteiger partial charge is 0.123 e. The number of ether oxygens (including phenoxy) is 1. The first kappa shape index (κ1) is 10.9. The molecule has 1 N–H and O–H groups in total. The summed E-state index contributed by atoms with van der Waals surface area (Å²) < 4.78 is 5.09. The fraction of sp³-hybridized carbons (Fsp3) is 0.417. The number of aromatic hydroxyl groups is 1. The highest BCUT2D eigenvalue weighted by atomic mass is 16.5. The van der Waals surface area contributed by atoms with Gasteiger partial charge in [0, 0.05) is 18.1 Å². The first-order valence-corrected chi connectivity index (χ1v) is 4.53. The second-order valence-corrected chi connectivity index (χ2v) is 4.36. The van der Waals surface area contributed by atoms with Gasteiger partial charge >= 0.3 is 0 Å². The molecule has 0 saturated carbocycles. The molecule has 0 fully saturated rings. The maximum atomic E-state index is 9.77. The Hall–Kier alpha value is -1.18. The standard InChI is InChI=1S/C12H16O2/c1-8-6-9(14-5)7-10(11(8)13)12(2,3)4/h1,6-7,13H,2-5H3. The zero-order chi connectivity index (χ0) is 10.9. The zero-order valence-electron chi connectivity index (χ0n) is 9.09. The maximum Gasteiger partial charge on any atom is 0.123 e. The summed E-state index contributed by atoms with van der Waals surface area (Å²) in [5, 5.41) is 9.77. The van der Waals surface area contributed by atoms with Crippen LogP contribution < -0.4 is 4.74 Å². The molecule has 0 aromatic heterocycles. The summed E-state index contributed by atoms with van der Waals surface area (Å²) in [5.74, 6) is 0.823. The average molecular weight is 192 g/mol. The van der Waals surface area contributed by atoms with E-state index < -0.39 is 0 Å². The predicted octanol–water partition coefficient (Wildman–Crippen LogP) is 2.76. The lowest BCUT2D eigenvalue weighted by Gasteiger charge is -2.22. The van der Waals surface area contributed by atoms with Crippen molar-refractivity contribution < 1.29 is 9.84 Å². The summed E-state index contributed by atoms with van der Waals surface area (Å²) in [5.41, 5.74) is 1.01. The molecule has 0 bridgehead atoms. The summed E-state index contributed by atoms with van der Waals surface area (Å²) in [6.45, 7) is 11.7. The van der Waals surface area contributed by atoms with Gasteiger partial charge in [0.2, 0.25) is 0 Å². The molecule has 76 valence electrons. The van der Waals surface area contributed by atoms with Gasteiger partial charge in [-0.2, -0.15) is 0 Å². The van der Waals surface area contributed by atoms with Crippen LogP contribution >= 0.6 is 0 Å². The fourth-order valence-corrected chi connectivity index (χ4v) is 1.32. The Bertz CT molecular complexity index is 335. The van der Waals surface area contributed by atoms with Crippen molar-refractivity contribution in [2.75, 3.05) is 7.11 Å². The summed E-state index contributed by atoms with van der Waals surface area (Å²) >= 11 is 0. The first-order chi connectivity index (χ1) is 6.36. The minimum atomic E-state index is -0.146. The van der Waals surface area contributed by atoms with E-state index in [-0.39, 0.29) is 11.2 Å². The van der Waals surface area contributed by atoms with Crippen molar-refractivity contribution in [3.63, 3.8) is 0 Å². The zero-order valence-corrected chi connectivity index (χ0v) is 9.09. The number of phenols is 1. The molecule has 0 saturated heterocycles. The number of benzene rings is 1. The Morgan fingerprint density at radius 1 is 1.29 bits per heavy atom. The van der Waals surface area contributed by atoms with E-state index in [0.29, 0.717) is 11.3 Å². The van der Waals surface area contributed by atoms with Crippen molar-refractivity contribution in [3.05, 3.63) is 30.2 Å². The van der Waals surface area contributed by atoms with E-state index in [9.17, 15) is 5.11 Å². The second kappa shape index (κ2) is 3.52. The molecule has 0 atom stereocenters. The first-order valence-electron chi connectivity index (χ1n) is 4.53. The number of methoxy groups -OCH3 is 1. The van der Waals surface area contributed by atoms with E-state index in [1.54, 1.807) is 13.2 Å². The quantitative estimate of drug-likeness (QED) is 0.741. The third-order valence-corrected chi connectivity index (χ3v) is 2.16. The lowest BCUT2D eigenvalue weighted by Crippen LogP contribution is -2.12. The number of hydrogen-bond donors (Lipinski definition) is 1. The van der Waals surface area contributed by atoms with Gasteiger partial charge in [0.25, 0.3) is 0 Å². The topological polar surface area (TPSA) is 29.5 Å². The summed E-state index contributed by atoms with van der Waals surface area (Å²) in [4.78, 5) is 0. The van der Waals surface area contributed by atoms with Crippen LogP contribution in [0, 0.1) is 6.92 Å². The highest BCUT2D eigenvalue weighted by molar-refractivity contribution is 5.50. The van der Waals surface area contributed by atoms with Crippen LogP contribution in [-0.4, -0.2) is 12.2 Å².